The van der Waals surface area contributed by atoms with Crippen molar-refractivity contribution in [1.82, 2.24) is 0 Å². The van der Waals surface area contributed by atoms with E-state index in [2.05, 4.69) is 0 Å². The van der Waals surface area contributed by atoms with Crippen molar-refractivity contribution in [2.45, 2.75) is 12.5 Å². The van der Waals surface area contributed by atoms with Gasteiger partial charge in [0.15, 0.2) is 0 Å². The van der Waals surface area contributed by atoms with Gasteiger partial charge in [-0.25, -0.2) is 4.39 Å². The fraction of sp³-hybridized carbons (Fsp3) is 0.333. The van der Waals surface area contributed by atoms with E-state index in [1.54, 1.807) is 6.07 Å². The summed E-state index contributed by atoms with van der Waals surface area (Å²) in [5.74, 6) is -0.520. The fourth-order valence-electron chi connectivity index (χ4n) is 1.08. The predicted octanol–water partition coefficient (Wildman–Crippen LogP) is 2.84. The molecule has 0 aliphatic rings. The summed E-state index contributed by atoms with van der Waals surface area (Å²) < 4.78 is 24.8. The van der Waals surface area contributed by atoms with Crippen LogP contribution >= 0.6 is 11.6 Å². The molecule has 0 amide bonds. The SMILES string of the molecule is N[C@H](CCF)c1cccc(F)c1Cl. The molecule has 0 aromatic heterocycles. The Morgan fingerprint density at radius 3 is 2.77 bits per heavy atom. The van der Waals surface area contributed by atoms with E-state index < -0.39 is 18.5 Å². The van der Waals surface area contributed by atoms with Gasteiger partial charge in [-0.3, -0.25) is 4.39 Å². The number of alkyl halides is 1. The van der Waals surface area contributed by atoms with Crippen molar-refractivity contribution in [2.75, 3.05) is 6.67 Å². The molecule has 2 N–H and O–H groups in total. The van der Waals surface area contributed by atoms with Gasteiger partial charge in [0.1, 0.15) is 5.82 Å². The maximum absolute atomic E-state index is 12.9. The Morgan fingerprint density at radius 2 is 2.15 bits per heavy atom. The van der Waals surface area contributed by atoms with Crippen molar-refractivity contribution in [3.63, 3.8) is 0 Å². The Kier molecular flexibility index (Phi) is 3.63. The van der Waals surface area contributed by atoms with Crippen LogP contribution in [-0.2, 0) is 0 Å². The summed E-state index contributed by atoms with van der Waals surface area (Å²) in [6.07, 6.45) is 0.156. The second kappa shape index (κ2) is 4.53. The number of benzene rings is 1. The summed E-state index contributed by atoms with van der Waals surface area (Å²) in [5.41, 5.74) is 6.04. The molecule has 0 heterocycles. The van der Waals surface area contributed by atoms with E-state index in [9.17, 15) is 8.78 Å². The third kappa shape index (κ3) is 2.39. The summed E-state index contributed by atoms with van der Waals surface area (Å²) in [7, 11) is 0. The molecular formula is C9H10ClF2N. The van der Waals surface area contributed by atoms with Crippen LogP contribution in [0.1, 0.15) is 18.0 Å². The summed E-state index contributed by atoms with van der Waals surface area (Å²) in [4.78, 5) is 0. The molecule has 0 bridgehead atoms. The second-order valence-corrected chi connectivity index (χ2v) is 3.11. The molecule has 13 heavy (non-hydrogen) atoms. The third-order valence-corrected chi connectivity index (χ3v) is 2.20. The van der Waals surface area contributed by atoms with E-state index in [0.717, 1.165) is 0 Å². The monoisotopic (exact) mass is 205 g/mol. The number of rotatable bonds is 3. The zero-order valence-corrected chi connectivity index (χ0v) is 7.69. The van der Waals surface area contributed by atoms with E-state index in [4.69, 9.17) is 17.3 Å². The topological polar surface area (TPSA) is 26.0 Å². The van der Waals surface area contributed by atoms with Gasteiger partial charge in [-0.15, -0.1) is 0 Å². The molecule has 1 nitrogen and oxygen atoms in total. The van der Waals surface area contributed by atoms with Crippen molar-refractivity contribution in [3.8, 4) is 0 Å². The van der Waals surface area contributed by atoms with Crippen molar-refractivity contribution in [2.24, 2.45) is 5.73 Å². The first-order chi connectivity index (χ1) is 6.16. The molecule has 72 valence electrons. The van der Waals surface area contributed by atoms with Crippen LogP contribution in [0.4, 0.5) is 8.78 Å². The van der Waals surface area contributed by atoms with Crippen molar-refractivity contribution in [1.29, 1.82) is 0 Å². The van der Waals surface area contributed by atoms with Crippen molar-refractivity contribution < 1.29 is 8.78 Å². The molecular weight excluding hydrogens is 196 g/mol. The lowest BCUT2D eigenvalue weighted by molar-refractivity contribution is 0.441. The van der Waals surface area contributed by atoms with Crippen molar-refractivity contribution >= 4 is 11.6 Å². The van der Waals surface area contributed by atoms with Gasteiger partial charge < -0.3 is 5.73 Å². The molecule has 0 unspecified atom stereocenters. The number of hydrogen-bond acceptors (Lipinski definition) is 1. The van der Waals surface area contributed by atoms with Crippen LogP contribution in [0.5, 0.6) is 0 Å². The number of halogens is 3. The molecule has 0 radical (unpaired) electrons. The molecule has 0 saturated carbocycles. The van der Waals surface area contributed by atoms with Crippen LogP contribution in [0.15, 0.2) is 18.2 Å². The second-order valence-electron chi connectivity index (χ2n) is 2.73. The molecule has 1 atom stereocenters. The summed E-state index contributed by atoms with van der Waals surface area (Å²) in [5, 5.41) is -0.0107. The molecule has 0 aliphatic carbocycles. The molecule has 0 spiro atoms. The van der Waals surface area contributed by atoms with Crippen LogP contribution in [0.2, 0.25) is 5.02 Å². The van der Waals surface area contributed by atoms with E-state index in [1.165, 1.54) is 12.1 Å². The van der Waals surface area contributed by atoms with E-state index in [0.29, 0.717) is 5.56 Å². The minimum atomic E-state index is -0.534. The van der Waals surface area contributed by atoms with Crippen molar-refractivity contribution in [3.05, 3.63) is 34.6 Å². The van der Waals surface area contributed by atoms with E-state index in [1.807, 2.05) is 0 Å². The minimum Gasteiger partial charge on any atom is -0.324 e. The lowest BCUT2D eigenvalue weighted by Crippen LogP contribution is -2.11. The Morgan fingerprint density at radius 1 is 1.46 bits per heavy atom. The first-order valence-corrected chi connectivity index (χ1v) is 4.30. The van der Waals surface area contributed by atoms with E-state index >= 15 is 0 Å². The molecule has 4 heteroatoms. The maximum Gasteiger partial charge on any atom is 0.142 e. The fourth-order valence-corrected chi connectivity index (χ4v) is 1.35. The summed E-state index contributed by atoms with van der Waals surface area (Å²) in [6.45, 7) is -0.534. The highest BCUT2D eigenvalue weighted by Crippen LogP contribution is 2.25. The highest BCUT2D eigenvalue weighted by Gasteiger charge is 2.12. The lowest BCUT2D eigenvalue weighted by Gasteiger charge is -2.11. The van der Waals surface area contributed by atoms with Gasteiger partial charge in [-0.05, 0) is 18.1 Å². The van der Waals surface area contributed by atoms with Gasteiger partial charge in [-0.2, -0.15) is 0 Å². The summed E-state index contributed by atoms with van der Waals surface area (Å²) in [6, 6.07) is 3.82. The zero-order chi connectivity index (χ0) is 9.84. The predicted molar refractivity (Wildman–Crippen MR) is 48.9 cm³/mol. The normalized spacial score (nSPS) is 12.9. The average molecular weight is 206 g/mol. The summed E-state index contributed by atoms with van der Waals surface area (Å²) >= 11 is 5.65. The smallest absolute Gasteiger partial charge is 0.142 e. The first kappa shape index (κ1) is 10.4. The zero-order valence-electron chi connectivity index (χ0n) is 6.93. The first-order valence-electron chi connectivity index (χ1n) is 3.92. The number of nitrogens with two attached hydrogens (primary N) is 1. The third-order valence-electron chi connectivity index (χ3n) is 1.80. The van der Waals surface area contributed by atoms with Gasteiger partial charge >= 0.3 is 0 Å². The highest BCUT2D eigenvalue weighted by molar-refractivity contribution is 6.31. The quantitative estimate of drug-likeness (QED) is 0.807. The van der Waals surface area contributed by atoms with Crippen LogP contribution in [0.25, 0.3) is 0 Å². The minimum absolute atomic E-state index is 0.0107. The Labute approximate surface area is 80.5 Å². The van der Waals surface area contributed by atoms with E-state index in [-0.39, 0.29) is 11.4 Å². The highest BCUT2D eigenvalue weighted by atomic mass is 35.5. The molecule has 0 saturated heterocycles. The van der Waals surface area contributed by atoms with Gasteiger partial charge in [0.2, 0.25) is 0 Å². The molecule has 0 aliphatic heterocycles. The van der Waals surface area contributed by atoms with Crippen LogP contribution < -0.4 is 5.73 Å². The van der Waals surface area contributed by atoms with Crippen LogP contribution in [-0.4, -0.2) is 6.67 Å². The number of hydrogen-bond donors (Lipinski definition) is 1. The maximum atomic E-state index is 12.9. The Balaban J connectivity index is 2.93. The van der Waals surface area contributed by atoms with Gasteiger partial charge in [0, 0.05) is 6.04 Å². The molecule has 1 aromatic rings. The largest absolute Gasteiger partial charge is 0.324 e. The van der Waals surface area contributed by atoms with Crippen LogP contribution in [0, 0.1) is 5.82 Å². The molecule has 1 aromatic carbocycles. The lowest BCUT2D eigenvalue weighted by atomic mass is 10.1. The van der Waals surface area contributed by atoms with Gasteiger partial charge in [0.25, 0.3) is 0 Å². The Hall–Kier alpha value is -0.670. The van der Waals surface area contributed by atoms with Crippen LogP contribution in [0.3, 0.4) is 0 Å². The average Bonchev–Trinajstić information content (AvgIpc) is 2.10. The Bertz CT molecular complexity index is 291. The van der Waals surface area contributed by atoms with Gasteiger partial charge in [-0.1, -0.05) is 23.7 Å². The van der Waals surface area contributed by atoms with Gasteiger partial charge in [0.05, 0.1) is 11.7 Å². The molecule has 1 rings (SSSR count). The molecule has 0 fully saturated rings. The standard InChI is InChI=1S/C9H10ClF2N/c10-9-6(8(13)4-5-11)2-1-3-7(9)12/h1-3,8H,4-5,13H2/t8-/m1/s1.